The Morgan fingerprint density at radius 3 is 2.36 bits per heavy atom. The van der Waals surface area contributed by atoms with E-state index in [-0.39, 0.29) is 16.8 Å². The highest BCUT2D eigenvalue weighted by Crippen LogP contribution is 2.20. The van der Waals surface area contributed by atoms with Crippen LogP contribution >= 0.6 is 0 Å². The maximum Gasteiger partial charge on any atom is 0.336 e. The predicted molar refractivity (Wildman–Crippen MR) is 78.8 cm³/mol. The number of nitriles is 1. The number of carbonyl (C=O) groups is 2. The zero-order valence-corrected chi connectivity index (χ0v) is 11.2. The Bertz CT molecular complexity index is 827. The molecule has 0 fully saturated rings. The van der Waals surface area contributed by atoms with E-state index >= 15 is 0 Å². The molecular weight excluding hydrogens is 282 g/mol. The number of nitrogens with one attached hydrogen (secondary N) is 1. The molecule has 0 spiro atoms. The lowest BCUT2D eigenvalue weighted by Gasteiger charge is -2.08. The summed E-state index contributed by atoms with van der Waals surface area (Å²) in [6, 6.07) is 11.9. The van der Waals surface area contributed by atoms with E-state index in [1.807, 2.05) is 6.07 Å². The molecule has 0 atom stereocenters. The predicted octanol–water partition coefficient (Wildman–Crippen LogP) is 3.06. The van der Waals surface area contributed by atoms with Crippen molar-refractivity contribution >= 4 is 23.3 Å². The summed E-state index contributed by atoms with van der Waals surface area (Å²) in [5.74, 6) is -1.88. The van der Waals surface area contributed by atoms with Gasteiger partial charge in [0.1, 0.15) is 0 Å². The Morgan fingerprint density at radius 1 is 1.14 bits per heavy atom. The van der Waals surface area contributed by atoms with Gasteiger partial charge in [-0.25, -0.2) is 9.64 Å². The molecule has 2 aromatic carbocycles. The Hall–Kier alpha value is -3.64. The van der Waals surface area contributed by atoms with Crippen molar-refractivity contribution in [3.63, 3.8) is 0 Å². The molecule has 0 heterocycles. The van der Waals surface area contributed by atoms with Crippen LogP contribution < -0.4 is 5.32 Å². The lowest BCUT2D eigenvalue weighted by Crippen LogP contribution is -2.16. The van der Waals surface area contributed by atoms with Gasteiger partial charge in [0.2, 0.25) is 0 Å². The molecule has 106 valence electrons. The van der Waals surface area contributed by atoms with Crippen LogP contribution in [0.1, 0.15) is 26.3 Å². The van der Waals surface area contributed by atoms with Crippen LogP contribution in [0.15, 0.2) is 42.5 Å². The van der Waals surface area contributed by atoms with Crippen LogP contribution in [0.25, 0.3) is 4.85 Å². The van der Waals surface area contributed by atoms with Gasteiger partial charge in [0.15, 0.2) is 5.69 Å². The first-order valence-corrected chi connectivity index (χ1v) is 6.11. The second-order valence-electron chi connectivity index (χ2n) is 4.29. The fourth-order valence-electron chi connectivity index (χ4n) is 1.80. The lowest BCUT2D eigenvalue weighted by molar-refractivity contribution is 0.0692. The molecule has 2 aromatic rings. The van der Waals surface area contributed by atoms with Crippen molar-refractivity contribution < 1.29 is 14.7 Å². The van der Waals surface area contributed by atoms with Crippen LogP contribution in [0.3, 0.4) is 0 Å². The molecule has 0 saturated carbocycles. The monoisotopic (exact) mass is 291 g/mol. The quantitative estimate of drug-likeness (QED) is 0.850. The molecule has 22 heavy (non-hydrogen) atoms. The fraction of sp³-hybridized carbons (Fsp3) is 0. The molecule has 0 bridgehead atoms. The number of rotatable bonds is 3. The number of hydrogen-bond acceptors (Lipinski definition) is 3. The molecule has 0 aliphatic heterocycles. The van der Waals surface area contributed by atoms with Crippen LogP contribution in [-0.2, 0) is 0 Å². The summed E-state index contributed by atoms with van der Waals surface area (Å²) in [5, 5.41) is 20.4. The minimum absolute atomic E-state index is 0.0923. The van der Waals surface area contributed by atoms with E-state index in [9.17, 15) is 9.59 Å². The normalized spacial score (nSPS) is 9.36. The lowest BCUT2D eigenvalue weighted by atomic mass is 10.1. The van der Waals surface area contributed by atoms with Crippen molar-refractivity contribution in [2.24, 2.45) is 0 Å². The van der Waals surface area contributed by atoms with Gasteiger partial charge in [0.05, 0.1) is 23.8 Å². The van der Waals surface area contributed by atoms with Crippen molar-refractivity contribution in [2.45, 2.75) is 0 Å². The summed E-state index contributed by atoms with van der Waals surface area (Å²) in [4.78, 5) is 26.6. The molecule has 2 rings (SSSR count). The van der Waals surface area contributed by atoms with E-state index in [1.54, 1.807) is 0 Å². The first-order chi connectivity index (χ1) is 10.5. The van der Waals surface area contributed by atoms with Crippen molar-refractivity contribution in [1.82, 2.24) is 0 Å². The molecule has 0 unspecified atom stereocenters. The van der Waals surface area contributed by atoms with Crippen LogP contribution in [0.2, 0.25) is 0 Å². The average Bonchev–Trinajstić information content (AvgIpc) is 2.54. The van der Waals surface area contributed by atoms with Gasteiger partial charge in [-0.3, -0.25) is 4.79 Å². The number of carboxylic acid groups (broad SMARTS) is 1. The number of benzene rings is 2. The summed E-state index contributed by atoms with van der Waals surface area (Å²) in [5.41, 5.74) is 0.770. The number of amides is 1. The number of carbonyl (C=O) groups excluding carboxylic acids is 1. The first-order valence-electron chi connectivity index (χ1n) is 6.11. The molecule has 0 aliphatic rings. The van der Waals surface area contributed by atoms with Crippen LogP contribution in [-0.4, -0.2) is 17.0 Å². The van der Waals surface area contributed by atoms with Gasteiger partial charge in [-0.2, -0.15) is 5.26 Å². The summed E-state index contributed by atoms with van der Waals surface area (Å²) < 4.78 is 0. The van der Waals surface area contributed by atoms with E-state index in [0.29, 0.717) is 11.3 Å². The van der Waals surface area contributed by atoms with Crippen molar-refractivity contribution in [3.05, 3.63) is 70.6 Å². The summed E-state index contributed by atoms with van der Waals surface area (Å²) in [6.45, 7) is 6.94. The topological polar surface area (TPSA) is 94.5 Å². The largest absolute Gasteiger partial charge is 0.478 e. The second-order valence-corrected chi connectivity index (χ2v) is 4.29. The van der Waals surface area contributed by atoms with Gasteiger partial charge in [-0.1, -0.05) is 12.1 Å². The highest BCUT2D eigenvalue weighted by Gasteiger charge is 2.17. The third-order valence-electron chi connectivity index (χ3n) is 2.88. The van der Waals surface area contributed by atoms with E-state index < -0.39 is 11.9 Å². The summed E-state index contributed by atoms with van der Waals surface area (Å²) >= 11 is 0. The maximum absolute atomic E-state index is 12.2. The van der Waals surface area contributed by atoms with Crippen LogP contribution in [0, 0.1) is 17.9 Å². The van der Waals surface area contributed by atoms with E-state index in [4.69, 9.17) is 16.9 Å². The highest BCUT2D eigenvalue weighted by atomic mass is 16.4. The van der Waals surface area contributed by atoms with E-state index in [2.05, 4.69) is 10.2 Å². The highest BCUT2D eigenvalue weighted by molar-refractivity contribution is 6.11. The number of nitrogens with zero attached hydrogens (tertiary/aromatic N) is 2. The molecule has 6 heteroatoms. The summed E-state index contributed by atoms with van der Waals surface area (Å²) in [6.07, 6.45) is 0. The molecule has 2 N–H and O–H groups in total. The molecule has 0 aromatic heterocycles. The zero-order chi connectivity index (χ0) is 16.1. The Morgan fingerprint density at radius 2 is 1.82 bits per heavy atom. The van der Waals surface area contributed by atoms with Gasteiger partial charge in [0, 0.05) is 11.3 Å². The van der Waals surface area contributed by atoms with Crippen LogP contribution in [0.5, 0.6) is 0 Å². The standard InChI is InChI=1S/C16H9N3O3/c1-18-12-6-7-13(16(21)22)14(8-12)15(20)19-11-4-2-10(9-17)3-5-11/h2-8H,(H,19,20)(H,21,22). The third kappa shape index (κ3) is 3.09. The third-order valence-corrected chi connectivity index (χ3v) is 2.88. The number of aromatic carboxylic acids is 1. The van der Waals surface area contributed by atoms with Crippen molar-refractivity contribution in [1.29, 1.82) is 5.26 Å². The summed E-state index contributed by atoms with van der Waals surface area (Å²) in [7, 11) is 0. The Balaban J connectivity index is 2.34. The number of anilines is 1. The smallest absolute Gasteiger partial charge is 0.336 e. The first kappa shape index (κ1) is 14.8. The SMILES string of the molecule is [C-]#[N+]c1ccc(C(=O)O)c(C(=O)Nc2ccc(C#N)cc2)c1. The fourth-order valence-corrected chi connectivity index (χ4v) is 1.80. The molecule has 0 radical (unpaired) electrons. The Labute approximate surface area is 126 Å². The average molecular weight is 291 g/mol. The minimum Gasteiger partial charge on any atom is -0.478 e. The Kier molecular flexibility index (Phi) is 4.17. The van der Waals surface area contributed by atoms with Gasteiger partial charge in [-0.05, 0) is 30.3 Å². The minimum atomic E-state index is -1.25. The maximum atomic E-state index is 12.2. The van der Waals surface area contributed by atoms with Gasteiger partial charge < -0.3 is 10.4 Å². The van der Waals surface area contributed by atoms with Crippen LogP contribution in [0.4, 0.5) is 11.4 Å². The van der Waals surface area contributed by atoms with Crippen molar-refractivity contribution in [2.75, 3.05) is 5.32 Å². The van der Waals surface area contributed by atoms with Gasteiger partial charge in [-0.15, -0.1) is 0 Å². The molecule has 1 amide bonds. The molecular formula is C16H9N3O3. The second kappa shape index (κ2) is 6.21. The van der Waals surface area contributed by atoms with E-state index in [0.717, 1.165) is 0 Å². The van der Waals surface area contributed by atoms with E-state index in [1.165, 1.54) is 42.5 Å². The molecule has 6 nitrogen and oxygen atoms in total. The van der Waals surface area contributed by atoms with Gasteiger partial charge in [0.25, 0.3) is 5.91 Å². The number of hydrogen-bond donors (Lipinski definition) is 2. The van der Waals surface area contributed by atoms with Crippen molar-refractivity contribution in [3.8, 4) is 6.07 Å². The van der Waals surface area contributed by atoms with Gasteiger partial charge >= 0.3 is 5.97 Å². The molecule has 0 aliphatic carbocycles. The zero-order valence-electron chi connectivity index (χ0n) is 11.2. The molecule has 0 saturated heterocycles. The number of carboxylic acids is 1.